The molecular weight excluding hydrogens is 548 g/mol. The van der Waals surface area contributed by atoms with E-state index in [2.05, 4.69) is 16.8 Å². The molecule has 0 saturated heterocycles. The third-order valence-corrected chi connectivity index (χ3v) is 7.71. The number of imidazole rings is 1. The van der Waals surface area contributed by atoms with Gasteiger partial charge in [-0.25, -0.2) is 14.6 Å². The fourth-order valence-corrected chi connectivity index (χ4v) is 5.70. The molecule has 214 valence electrons. The molecule has 0 spiro atoms. The number of carbonyl (C=O) groups excluding carboxylic acids is 2. The molecule has 5 rings (SSSR count). The largest absolute Gasteiger partial charge is 0.465 e. The lowest BCUT2D eigenvalue weighted by molar-refractivity contribution is 0.0601. The molecule has 5 aromatic rings. The number of aromatic nitrogens is 2. The van der Waals surface area contributed by atoms with E-state index in [9.17, 15) is 9.59 Å². The van der Waals surface area contributed by atoms with Crippen molar-refractivity contribution in [1.29, 1.82) is 0 Å². The van der Waals surface area contributed by atoms with Gasteiger partial charge in [0.15, 0.2) is 5.15 Å². The first kappa shape index (κ1) is 28.9. The molecule has 2 amide bonds. The van der Waals surface area contributed by atoms with Crippen LogP contribution in [0.3, 0.4) is 0 Å². The molecule has 0 bridgehead atoms. The van der Waals surface area contributed by atoms with Crippen molar-refractivity contribution in [3.05, 3.63) is 124 Å². The van der Waals surface area contributed by atoms with Crippen LogP contribution in [0, 0.1) is 0 Å². The minimum absolute atomic E-state index is 0.330. The van der Waals surface area contributed by atoms with Crippen LogP contribution in [0.1, 0.15) is 58.8 Å². The minimum Gasteiger partial charge on any atom is -0.465 e. The van der Waals surface area contributed by atoms with E-state index in [0.717, 1.165) is 58.1 Å². The molecular formula is C34H33ClN4O3. The molecule has 1 aromatic heterocycles. The summed E-state index contributed by atoms with van der Waals surface area (Å²) in [6.45, 7) is 2.61. The van der Waals surface area contributed by atoms with E-state index in [4.69, 9.17) is 27.1 Å². The first-order valence-corrected chi connectivity index (χ1v) is 14.3. The van der Waals surface area contributed by atoms with Gasteiger partial charge in [-0.3, -0.25) is 0 Å². The SMILES string of the molecule is CCCCc1nc(Cl)c(C(NC(N)=O)c2cccc3ccccc23)n1Cc1ccc(-c2ccccc2C(=O)OC)cc1. The molecule has 1 heterocycles. The Labute approximate surface area is 250 Å². The van der Waals surface area contributed by atoms with Crippen molar-refractivity contribution >= 4 is 34.4 Å². The van der Waals surface area contributed by atoms with Crippen LogP contribution in [0.4, 0.5) is 4.79 Å². The van der Waals surface area contributed by atoms with Gasteiger partial charge in [-0.15, -0.1) is 0 Å². The summed E-state index contributed by atoms with van der Waals surface area (Å²) < 4.78 is 7.07. The summed E-state index contributed by atoms with van der Waals surface area (Å²) in [4.78, 5) is 29.4. The lowest BCUT2D eigenvalue weighted by Gasteiger charge is -2.23. The molecule has 0 aliphatic rings. The molecule has 3 N–H and O–H groups in total. The number of unbranched alkanes of at least 4 members (excludes halogenated alkanes) is 1. The zero-order valence-electron chi connectivity index (χ0n) is 23.6. The molecule has 1 unspecified atom stereocenters. The summed E-state index contributed by atoms with van der Waals surface area (Å²) in [6, 6.07) is 28.1. The third kappa shape index (κ3) is 6.02. The highest BCUT2D eigenvalue weighted by Gasteiger charge is 2.27. The number of primary amides is 1. The molecule has 4 aromatic carbocycles. The number of urea groups is 1. The highest BCUT2D eigenvalue weighted by Crippen LogP contribution is 2.35. The molecule has 8 heteroatoms. The summed E-state index contributed by atoms with van der Waals surface area (Å²) in [5.41, 5.74) is 10.5. The molecule has 7 nitrogen and oxygen atoms in total. The van der Waals surface area contributed by atoms with Crippen LogP contribution in [0.15, 0.2) is 91.0 Å². The molecule has 0 radical (unpaired) electrons. The number of rotatable bonds is 10. The normalized spacial score (nSPS) is 11.8. The molecule has 42 heavy (non-hydrogen) atoms. The molecule has 0 saturated carbocycles. The quantitative estimate of drug-likeness (QED) is 0.169. The Morgan fingerprint density at radius 3 is 2.43 bits per heavy atom. The Morgan fingerprint density at radius 1 is 0.976 bits per heavy atom. The van der Waals surface area contributed by atoms with Crippen LogP contribution in [0.5, 0.6) is 0 Å². The van der Waals surface area contributed by atoms with Gasteiger partial charge >= 0.3 is 12.0 Å². The average Bonchev–Trinajstić information content (AvgIpc) is 3.32. The average molecular weight is 581 g/mol. The Balaban J connectivity index is 1.58. The number of halogens is 1. The summed E-state index contributed by atoms with van der Waals surface area (Å²) in [5.74, 6) is 0.461. The van der Waals surface area contributed by atoms with Gasteiger partial charge in [0.05, 0.1) is 24.4 Å². The Morgan fingerprint density at radius 2 is 1.69 bits per heavy atom. The Hall–Kier alpha value is -4.62. The topological polar surface area (TPSA) is 99.2 Å². The van der Waals surface area contributed by atoms with E-state index in [1.165, 1.54) is 7.11 Å². The van der Waals surface area contributed by atoms with Crippen LogP contribution >= 0.6 is 11.6 Å². The maximum absolute atomic E-state index is 12.3. The van der Waals surface area contributed by atoms with Crippen LogP contribution in [-0.4, -0.2) is 28.7 Å². The predicted molar refractivity (Wildman–Crippen MR) is 167 cm³/mol. The second-order valence-corrected chi connectivity index (χ2v) is 10.5. The fourth-order valence-electron chi connectivity index (χ4n) is 5.39. The first-order valence-electron chi connectivity index (χ1n) is 14.0. The van der Waals surface area contributed by atoms with E-state index in [1.54, 1.807) is 6.07 Å². The summed E-state index contributed by atoms with van der Waals surface area (Å²) in [6.07, 6.45) is 2.68. The zero-order valence-corrected chi connectivity index (χ0v) is 24.4. The van der Waals surface area contributed by atoms with E-state index < -0.39 is 12.1 Å². The molecule has 0 aliphatic heterocycles. The van der Waals surface area contributed by atoms with Crippen LogP contribution in [0.2, 0.25) is 5.15 Å². The third-order valence-electron chi connectivity index (χ3n) is 7.43. The van der Waals surface area contributed by atoms with Crippen molar-refractivity contribution in [3.63, 3.8) is 0 Å². The number of nitrogens with zero attached hydrogens (tertiary/aromatic N) is 2. The number of hydrogen-bond acceptors (Lipinski definition) is 4. The van der Waals surface area contributed by atoms with Gasteiger partial charge < -0.3 is 20.4 Å². The van der Waals surface area contributed by atoms with Crippen molar-refractivity contribution in [2.24, 2.45) is 5.73 Å². The Bertz CT molecular complexity index is 1720. The van der Waals surface area contributed by atoms with Crippen molar-refractivity contribution in [2.75, 3.05) is 7.11 Å². The Kier molecular flexibility index (Phi) is 8.88. The number of nitrogens with two attached hydrogens (primary N) is 1. The number of amides is 2. The number of fused-ring (bicyclic) bond motifs is 1. The number of carbonyl (C=O) groups is 2. The van der Waals surface area contributed by atoms with Crippen molar-refractivity contribution in [1.82, 2.24) is 14.9 Å². The van der Waals surface area contributed by atoms with Gasteiger partial charge in [0, 0.05) is 13.0 Å². The van der Waals surface area contributed by atoms with Crippen LogP contribution < -0.4 is 11.1 Å². The number of esters is 1. The van der Waals surface area contributed by atoms with E-state index in [0.29, 0.717) is 23.0 Å². The number of aryl methyl sites for hydroxylation is 1. The molecule has 1 atom stereocenters. The predicted octanol–water partition coefficient (Wildman–Crippen LogP) is 7.29. The van der Waals surface area contributed by atoms with Gasteiger partial charge in [-0.1, -0.05) is 110 Å². The van der Waals surface area contributed by atoms with E-state index in [-0.39, 0.29) is 5.97 Å². The highest BCUT2D eigenvalue weighted by atomic mass is 35.5. The number of ether oxygens (including phenoxy) is 1. The lowest BCUT2D eigenvalue weighted by Crippen LogP contribution is -2.35. The van der Waals surface area contributed by atoms with Crippen molar-refractivity contribution in [2.45, 2.75) is 38.8 Å². The zero-order chi connectivity index (χ0) is 29.6. The van der Waals surface area contributed by atoms with E-state index in [1.807, 2.05) is 84.9 Å². The highest BCUT2D eigenvalue weighted by molar-refractivity contribution is 6.30. The smallest absolute Gasteiger partial charge is 0.338 e. The number of benzene rings is 4. The summed E-state index contributed by atoms with van der Waals surface area (Å²) >= 11 is 6.87. The van der Waals surface area contributed by atoms with Crippen LogP contribution in [-0.2, 0) is 17.7 Å². The summed E-state index contributed by atoms with van der Waals surface area (Å²) in [7, 11) is 1.38. The maximum Gasteiger partial charge on any atom is 0.338 e. The first-order chi connectivity index (χ1) is 20.4. The molecule has 0 aliphatic carbocycles. The number of hydrogen-bond donors (Lipinski definition) is 2. The van der Waals surface area contributed by atoms with Gasteiger partial charge in [-0.2, -0.15) is 0 Å². The summed E-state index contributed by atoms with van der Waals surface area (Å²) in [5, 5.41) is 5.31. The van der Waals surface area contributed by atoms with Gasteiger partial charge in [0.25, 0.3) is 0 Å². The fraction of sp³-hybridized carbons (Fsp3) is 0.206. The van der Waals surface area contributed by atoms with Crippen molar-refractivity contribution < 1.29 is 14.3 Å². The number of nitrogens with one attached hydrogen (secondary N) is 1. The van der Waals surface area contributed by atoms with Crippen molar-refractivity contribution in [3.8, 4) is 11.1 Å². The second-order valence-electron chi connectivity index (χ2n) is 10.1. The standard InChI is InChI=1S/C34H33ClN4O3/c1-3-4-16-29-37-32(35)31(30(38-34(36)41)27-15-9-11-23-10-5-6-12-25(23)27)39(29)21-22-17-19-24(20-18-22)26-13-7-8-14-28(26)33(40)42-2/h5-15,17-20,30H,3-4,16,21H2,1-2H3,(H3,36,38,41). The lowest BCUT2D eigenvalue weighted by atomic mass is 9.96. The van der Waals surface area contributed by atoms with E-state index >= 15 is 0 Å². The van der Waals surface area contributed by atoms with Gasteiger partial charge in [0.1, 0.15) is 5.82 Å². The monoisotopic (exact) mass is 580 g/mol. The van der Waals surface area contributed by atoms with Gasteiger partial charge in [0.2, 0.25) is 0 Å². The van der Waals surface area contributed by atoms with Gasteiger partial charge in [-0.05, 0) is 45.5 Å². The second kappa shape index (κ2) is 12.9. The minimum atomic E-state index is -0.652. The molecule has 0 fully saturated rings. The maximum atomic E-state index is 12.3. The number of methoxy groups -OCH3 is 1. The van der Waals surface area contributed by atoms with Crippen LogP contribution in [0.25, 0.3) is 21.9 Å².